The predicted molar refractivity (Wildman–Crippen MR) is 139 cm³/mol. The lowest BCUT2D eigenvalue weighted by atomic mass is 9.93. The molecule has 0 unspecified atom stereocenters. The van der Waals surface area contributed by atoms with Crippen molar-refractivity contribution in [2.75, 3.05) is 13.1 Å². The summed E-state index contributed by atoms with van der Waals surface area (Å²) in [5.74, 6) is -0.300. The fourth-order valence-corrected chi connectivity index (χ4v) is 4.25. The van der Waals surface area contributed by atoms with E-state index >= 15 is 0 Å². The van der Waals surface area contributed by atoms with Gasteiger partial charge in [0, 0.05) is 24.2 Å². The average molecular weight is 491 g/mol. The number of carbonyl (C=O) groups excluding carboxylic acids is 2. The average Bonchev–Trinajstić information content (AvgIpc) is 2.84. The van der Waals surface area contributed by atoms with Crippen molar-refractivity contribution in [2.45, 2.75) is 12.5 Å². The number of Topliss-reactive ketones (excluding diaryl/α,β-unsaturated/α-hetero) is 1. The van der Waals surface area contributed by atoms with Crippen molar-refractivity contribution in [2.24, 2.45) is 5.73 Å². The summed E-state index contributed by atoms with van der Waals surface area (Å²) in [4.78, 5) is 28.3. The van der Waals surface area contributed by atoms with Gasteiger partial charge in [-0.2, -0.15) is 0 Å². The molecule has 4 rings (SSSR count). The molecule has 0 spiro atoms. The molecule has 1 fully saturated rings. The van der Waals surface area contributed by atoms with Crippen molar-refractivity contribution in [3.05, 3.63) is 117 Å². The van der Waals surface area contributed by atoms with Crippen LogP contribution in [-0.2, 0) is 16.0 Å². The molecule has 3 aromatic carbocycles. The minimum atomic E-state index is -0.709. The van der Waals surface area contributed by atoms with E-state index in [0.717, 1.165) is 16.7 Å². The Morgan fingerprint density at radius 3 is 2.06 bits per heavy atom. The van der Waals surface area contributed by atoms with Gasteiger partial charge in [0.05, 0.1) is 16.1 Å². The molecule has 34 heavy (non-hydrogen) atoms. The molecule has 172 valence electrons. The highest BCUT2D eigenvalue weighted by molar-refractivity contribution is 6.42. The Hall–Kier alpha value is -3.18. The van der Waals surface area contributed by atoms with Crippen LogP contribution in [0.15, 0.2) is 90.0 Å². The molecule has 0 aromatic heterocycles. The van der Waals surface area contributed by atoms with Crippen molar-refractivity contribution in [1.82, 2.24) is 4.90 Å². The molecule has 0 aliphatic carbocycles. The summed E-state index contributed by atoms with van der Waals surface area (Å²) >= 11 is 12.2. The summed E-state index contributed by atoms with van der Waals surface area (Å²) < 4.78 is 0. The molecule has 1 heterocycles. The Kier molecular flexibility index (Phi) is 7.63. The Morgan fingerprint density at radius 2 is 1.44 bits per heavy atom. The first-order chi connectivity index (χ1) is 16.4. The summed E-state index contributed by atoms with van der Waals surface area (Å²) in [7, 11) is 0. The Labute approximate surface area is 209 Å². The Balaban J connectivity index is 1.65. The summed E-state index contributed by atoms with van der Waals surface area (Å²) in [6, 6.07) is 23.7. The quantitative estimate of drug-likeness (QED) is 0.484. The van der Waals surface area contributed by atoms with E-state index in [0.29, 0.717) is 27.6 Å². The number of benzene rings is 3. The zero-order valence-electron chi connectivity index (χ0n) is 18.5. The van der Waals surface area contributed by atoms with Crippen molar-refractivity contribution < 1.29 is 9.59 Å². The highest BCUT2D eigenvalue weighted by Gasteiger charge is 2.31. The van der Waals surface area contributed by atoms with Crippen molar-refractivity contribution in [3.63, 3.8) is 0 Å². The molecule has 1 aliphatic rings. The van der Waals surface area contributed by atoms with E-state index in [9.17, 15) is 9.59 Å². The molecule has 1 atom stereocenters. The molecule has 2 N–H and O–H groups in total. The van der Waals surface area contributed by atoms with Gasteiger partial charge in [-0.25, -0.2) is 0 Å². The smallest absolute Gasteiger partial charge is 0.240 e. The van der Waals surface area contributed by atoms with Gasteiger partial charge in [-0.1, -0.05) is 89.9 Å². The fraction of sp³-hybridized carbons (Fsp3) is 0.143. The number of ketones is 1. The zero-order chi connectivity index (χ0) is 24.1. The lowest BCUT2D eigenvalue weighted by Crippen LogP contribution is -2.49. The van der Waals surface area contributed by atoms with Gasteiger partial charge in [0.1, 0.15) is 0 Å². The second-order valence-corrected chi connectivity index (χ2v) is 9.06. The molecular formula is C28H24Cl2N2O2. The van der Waals surface area contributed by atoms with Crippen LogP contribution < -0.4 is 5.73 Å². The first kappa shape index (κ1) is 24.0. The monoisotopic (exact) mass is 490 g/mol. The zero-order valence-corrected chi connectivity index (χ0v) is 20.0. The molecule has 0 bridgehead atoms. The van der Waals surface area contributed by atoms with Crippen molar-refractivity contribution in [3.8, 4) is 0 Å². The summed E-state index contributed by atoms with van der Waals surface area (Å²) in [5.41, 5.74) is 9.94. The SMILES string of the molecule is N[C@@H](Cc1ccccc1)C(=O)N1C/C(=C\c2ccccc2)C(=O)/C(=C/c2ccc(Cl)c(Cl)c2)C1. The van der Waals surface area contributed by atoms with Crippen molar-refractivity contribution in [1.29, 1.82) is 0 Å². The van der Waals surface area contributed by atoms with E-state index in [1.807, 2.05) is 66.7 Å². The predicted octanol–water partition coefficient (Wildman–Crippen LogP) is 5.44. The van der Waals surface area contributed by atoms with Crippen LogP contribution in [0.5, 0.6) is 0 Å². The second kappa shape index (κ2) is 10.8. The third kappa shape index (κ3) is 5.84. The molecule has 0 saturated carbocycles. The fourth-order valence-electron chi connectivity index (χ4n) is 3.94. The molecular weight excluding hydrogens is 467 g/mol. The number of likely N-dealkylation sites (tertiary alicyclic amines) is 1. The molecule has 1 aliphatic heterocycles. The standard InChI is InChI=1S/C28H24Cl2N2O2/c29-24-12-11-21(15-25(24)30)14-23-18-32(28(34)26(31)16-20-9-5-2-6-10-20)17-22(27(23)33)13-19-7-3-1-4-8-19/h1-15,26H,16-18,31H2/b22-13+,23-14+/t26-/m0/s1. The molecule has 1 amide bonds. The number of nitrogens with two attached hydrogens (primary N) is 1. The van der Waals surface area contributed by atoms with E-state index in [4.69, 9.17) is 28.9 Å². The maximum Gasteiger partial charge on any atom is 0.240 e. The highest BCUT2D eigenvalue weighted by Crippen LogP contribution is 2.26. The number of carbonyl (C=O) groups is 2. The molecule has 0 radical (unpaired) electrons. The number of halogens is 2. The Morgan fingerprint density at radius 1 is 0.853 bits per heavy atom. The van der Waals surface area contributed by atoms with E-state index in [-0.39, 0.29) is 24.8 Å². The first-order valence-corrected chi connectivity index (χ1v) is 11.7. The number of nitrogens with zero attached hydrogens (tertiary/aromatic N) is 1. The number of hydrogen-bond donors (Lipinski definition) is 1. The molecule has 4 nitrogen and oxygen atoms in total. The van der Waals surface area contributed by atoms with Crippen LogP contribution in [0.2, 0.25) is 10.0 Å². The maximum absolute atomic E-state index is 13.4. The maximum atomic E-state index is 13.4. The van der Waals surface area contributed by atoms with Gasteiger partial charge in [-0.05, 0) is 47.4 Å². The van der Waals surface area contributed by atoms with Gasteiger partial charge >= 0.3 is 0 Å². The van der Waals surface area contributed by atoms with E-state index in [1.165, 1.54) is 0 Å². The van der Waals surface area contributed by atoms with Crippen LogP contribution in [-0.4, -0.2) is 35.7 Å². The molecule has 3 aromatic rings. The lowest BCUT2D eigenvalue weighted by molar-refractivity contribution is -0.132. The number of hydrogen-bond acceptors (Lipinski definition) is 3. The summed E-state index contributed by atoms with van der Waals surface area (Å²) in [6.45, 7) is 0.375. The van der Waals surface area contributed by atoms with Crippen LogP contribution >= 0.6 is 23.2 Å². The van der Waals surface area contributed by atoms with Gasteiger partial charge in [0.25, 0.3) is 0 Å². The largest absolute Gasteiger partial charge is 0.332 e. The van der Waals surface area contributed by atoms with E-state index < -0.39 is 6.04 Å². The Bertz CT molecular complexity index is 1250. The summed E-state index contributed by atoms with van der Waals surface area (Å²) in [5, 5.41) is 0.837. The van der Waals surface area contributed by atoms with E-state index in [1.54, 1.807) is 29.2 Å². The van der Waals surface area contributed by atoms with Gasteiger partial charge < -0.3 is 10.6 Å². The lowest BCUT2D eigenvalue weighted by Gasteiger charge is -2.32. The topological polar surface area (TPSA) is 63.4 Å². The van der Waals surface area contributed by atoms with Gasteiger partial charge in [0.2, 0.25) is 5.91 Å². The van der Waals surface area contributed by atoms with Gasteiger partial charge in [0.15, 0.2) is 5.78 Å². The number of piperidine rings is 1. The number of rotatable bonds is 5. The van der Waals surface area contributed by atoms with E-state index in [2.05, 4.69) is 0 Å². The number of amides is 1. The normalized spacial score (nSPS) is 17.3. The van der Waals surface area contributed by atoms with Gasteiger partial charge in [-0.15, -0.1) is 0 Å². The minimum Gasteiger partial charge on any atom is -0.332 e. The molecule has 1 saturated heterocycles. The van der Waals surface area contributed by atoms with Gasteiger partial charge in [-0.3, -0.25) is 9.59 Å². The third-order valence-electron chi connectivity index (χ3n) is 5.66. The summed E-state index contributed by atoms with van der Waals surface area (Å²) in [6.07, 6.45) is 4.01. The third-order valence-corrected chi connectivity index (χ3v) is 6.40. The van der Waals surface area contributed by atoms with Crippen molar-refractivity contribution >= 4 is 47.0 Å². The van der Waals surface area contributed by atoms with Crippen LogP contribution in [0.4, 0.5) is 0 Å². The van der Waals surface area contributed by atoms with Crippen LogP contribution in [0.25, 0.3) is 12.2 Å². The van der Waals surface area contributed by atoms with Crippen LogP contribution in [0.3, 0.4) is 0 Å². The second-order valence-electron chi connectivity index (χ2n) is 8.24. The highest BCUT2D eigenvalue weighted by atomic mass is 35.5. The minimum absolute atomic E-state index is 0.101. The van der Waals surface area contributed by atoms with Crippen LogP contribution in [0.1, 0.15) is 16.7 Å². The van der Waals surface area contributed by atoms with Crippen LogP contribution in [0, 0.1) is 0 Å². The molecule has 6 heteroatoms. The first-order valence-electron chi connectivity index (χ1n) is 10.9.